The highest BCUT2D eigenvalue weighted by molar-refractivity contribution is 5.28. The maximum atomic E-state index is 6.28. The molecule has 0 saturated heterocycles. The van der Waals surface area contributed by atoms with Gasteiger partial charge in [0, 0.05) is 19.3 Å². The van der Waals surface area contributed by atoms with Crippen LogP contribution in [0, 0.1) is 0 Å². The minimum Gasteiger partial charge on any atom is -0.385 e. The molecule has 2 heteroatoms. The molecule has 1 aromatic carbocycles. The molecule has 0 radical (unpaired) electrons. The quantitative estimate of drug-likeness (QED) is 0.869. The molecule has 1 unspecified atom stereocenters. The first-order valence-corrected chi connectivity index (χ1v) is 6.62. The lowest BCUT2D eigenvalue weighted by molar-refractivity contribution is 0.171. The average Bonchev–Trinajstić information content (AvgIpc) is 2.25. The number of ether oxygens (including phenoxy) is 1. The molecule has 0 spiro atoms. The first-order chi connectivity index (χ1) is 8.24. The number of rotatable bonds is 5. The second-order valence-corrected chi connectivity index (χ2v) is 6.52. The van der Waals surface area contributed by atoms with Crippen molar-refractivity contribution in [1.82, 2.24) is 0 Å². The first-order valence-electron chi connectivity index (χ1n) is 6.62. The molecular weight excluding hydrogens is 222 g/mol. The van der Waals surface area contributed by atoms with Gasteiger partial charge in [-0.2, -0.15) is 0 Å². The molecule has 1 rings (SSSR count). The van der Waals surface area contributed by atoms with Crippen LogP contribution in [0.2, 0.25) is 0 Å². The SMILES string of the molecule is COCCC(C)(N)Cc1ccc(C(C)(C)C)cc1. The average molecular weight is 249 g/mol. The number of methoxy groups -OCH3 is 1. The van der Waals surface area contributed by atoms with E-state index in [4.69, 9.17) is 10.5 Å². The fourth-order valence-electron chi connectivity index (χ4n) is 2.01. The number of hydrogen-bond acceptors (Lipinski definition) is 2. The van der Waals surface area contributed by atoms with Gasteiger partial charge in [-0.1, -0.05) is 45.0 Å². The van der Waals surface area contributed by atoms with Crippen LogP contribution in [-0.2, 0) is 16.6 Å². The van der Waals surface area contributed by atoms with Gasteiger partial charge in [0.1, 0.15) is 0 Å². The molecule has 2 N–H and O–H groups in total. The smallest absolute Gasteiger partial charge is 0.0479 e. The van der Waals surface area contributed by atoms with Crippen LogP contribution in [0.15, 0.2) is 24.3 Å². The molecule has 0 aliphatic carbocycles. The zero-order chi connectivity index (χ0) is 13.8. The standard InChI is InChI=1S/C16H27NO/c1-15(2,3)14-8-6-13(7-9-14)12-16(4,17)10-11-18-5/h6-9H,10-12,17H2,1-5H3. The topological polar surface area (TPSA) is 35.2 Å². The van der Waals surface area contributed by atoms with Crippen LogP contribution in [0.5, 0.6) is 0 Å². The van der Waals surface area contributed by atoms with Crippen molar-refractivity contribution in [3.63, 3.8) is 0 Å². The fraction of sp³-hybridized carbons (Fsp3) is 0.625. The Morgan fingerprint density at radius 3 is 2.06 bits per heavy atom. The third kappa shape index (κ3) is 4.79. The van der Waals surface area contributed by atoms with Crippen molar-refractivity contribution < 1.29 is 4.74 Å². The highest BCUT2D eigenvalue weighted by Gasteiger charge is 2.19. The van der Waals surface area contributed by atoms with Crippen LogP contribution in [0.4, 0.5) is 0 Å². The molecule has 1 aromatic rings. The number of hydrogen-bond donors (Lipinski definition) is 1. The van der Waals surface area contributed by atoms with Crippen LogP contribution >= 0.6 is 0 Å². The summed E-state index contributed by atoms with van der Waals surface area (Å²) < 4.78 is 5.10. The van der Waals surface area contributed by atoms with Gasteiger partial charge in [-0.25, -0.2) is 0 Å². The van der Waals surface area contributed by atoms with E-state index in [1.54, 1.807) is 7.11 Å². The second kappa shape index (κ2) is 5.85. The molecule has 2 nitrogen and oxygen atoms in total. The molecule has 0 aliphatic rings. The molecule has 0 saturated carbocycles. The maximum Gasteiger partial charge on any atom is 0.0479 e. The summed E-state index contributed by atoms with van der Waals surface area (Å²) in [5.41, 5.74) is 8.95. The van der Waals surface area contributed by atoms with E-state index in [0.717, 1.165) is 12.8 Å². The Morgan fingerprint density at radius 2 is 1.61 bits per heavy atom. The van der Waals surface area contributed by atoms with Crippen LogP contribution in [0.3, 0.4) is 0 Å². The Labute approximate surface area is 112 Å². The summed E-state index contributed by atoms with van der Waals surface area (Å²) in [5, 5.41) is 0. The predicted octanol–water partition coefficient (Wildman–Crippen LogP) is 3.28. The normalized spacial score (nSPS) is 15.4. The van der Waals surface area contributed by atoms with Crippen molar-refractivity contribution in [2.75, 3.05) is 13.7 Å². The number of nitrogens with two attached hydrogens (primary N) is 1. The van der Waals surface area contributed by atoms with E-state index in [0.29, 0.717) is 6.61 Å². The highest BCUT2D eigenvalue weighted by Crippen LogP contribution is 2.23. The zero-order valence-corrected chi connectivity index (χ0v) is 12.4. The number of benzene rings is 1. The first kappa shape index (κ1) is 15.2. The van der Waals surface area contributed by atoms with E-state index < -0.39 is 0 Å². The predicted molar refractivity (Wildman–Crippen MR) is 77.9 cm³/mol. The molecular formula is C16H27NO. The Kier molecular flexibility index (Phi) is 4.94. The van der Waals surface area contributed by atoms with Crippen molar-refractivity contribution in [2.45, 2.75) is 51.5 Å². The van der Waals surface area contributed by atoms with E-state index in [1.807, 2.05) is 0 Å². The lowest BCUT2D eigenvalue weighted by atomic mass is 9.85. The largest absolute Gasteiger partial charge is 0.385 e. The molecule has 0 fully saturated rings. The zero-order valence-electron chi connectivity index (χ0n) is 12.4. The van der Waals surface area contributed by atoms with Crippen molar-refractivity contribution in [2.24, 2.45) is 5.73 Å². The lowest BCUT2D eigenvalue weighted by Gasteiger charge is -2.25. The second-order valence-electron chi connectivity index (χ2n) is 6.52. The van der Waals surface area contributed by atoms with Gasteiger partial charge in [-0.05, 0) is 36.3 Å². The minimum absolute atomic E-state index is 0.195. The van der Waals surface area contributed by atoms with Crippen LogP contribution in [0.25, 0.3) is 0 Å². The van der Waals surface area contributed by atoms with Gasteiger partial charge in [0.15, 0.2) is 0 Å². The van der Waals surface area contributed by atoms with Gasteiger partial charge < -0.3 is 10.5 Å². The third-order valence-electron chi connectivity index (χ3n) is 3.31. The Balaban J connectivity index is 2.69. The summed E-state index contributed by atoms with van der Waals surface area (Å²) in [6.07, 6.45) is 1.77. The molecule has 1 atom stereocenters. The van der Waals surface area contributed by atoms with Gasteiger partial charge in [-0.3, -0.25) is 0 Å². The van der Waals surface area contributed by atoms with Gasteiger partial charge >= 0.3 is 0 Å². The van der Waals surface area contributed by atoms with E-state index in [1.165, 1.54) is 11.1 Å². The van der Waals surface area contributed by atoms with Crippen LogP contribution < -0.4 is 5.73 Å². The Morgan fingerprint density at radius 1 is 1.06 bits per heavy atom. The summed E-state index contributed by atoms with van der Waals surface area (Å²) in [5.74, 6) is 0. The van der Waals surface area contributed by atoms with E-state index in [-0.39, 0.29) is 11.0 Å². The summed E-state index contributed by atoms with van der Waals surface area (Å²) in [6, 6.07) is 8.81. The lowest BCUT2D eigenvalue weighted by Crippen LogP contribution is -2.39. The summed E-state index contributed by atoms with van der Waals surface area (Å²) >= 11 is 0. The van der Waals surface area contributed by atoms with Crippen molar-refractivity contribution >= 4 is 0 Å². The minimum atomic E-state index is -0.195. The van der Waals surface area contributed by atoms with E-state index in [2.05, 4.69) is 52.0 Å². The molecule has 0 aliphatic heterocycles. The molecule has 0 amide bonds. The van der Waals surface area contributed by atoms with Gasteiger partial charge in [0.2, 0.25) is 0 Å². The van der Waals surface area contributed by atoms with Gasteiger partial charge in [0.05, 0.1) is 0 Å². The maximum absolute atomic E-state index is 6.28. The Bertz CT molecular complexity index is 360. The summed E-state index contributed by atoms with van der Waals surface area (Å²) in [7, 11) is 1.72. The molecule has 0 bridgehead atoms. The fourth-order valence-corrected chi connectivity index (χ4v) is 2.01. The monoisotopic (exact) mass is 249 g/mol. The molecule has 18 heavy (non-hydrogen) atoms. The molecule has 0 aromatic heterocycles. The van der Waals surface area contributed by atoms with Crippen molar-refractivity contribution in [1.29, 1.82) is 0 Å². The van der Waals surface area contributed by atoms with E-state index >= 15 is 0 Å². The van der Waals surface area contributed by atoms with E-state index in [9.17, 15) is 0 Å². The summed E-state index contributed by atoms with van der Waals surface area (Å²) in [6.45, 7) is 9.49. The van der Waals surface area contributed by atoms with Crippen molar-refractivity contribution in [3.8, 4) is 0 Å². The van der Waals surface area contributed by atoms with Gasteiger partial charge in [0.25, 0.3) is 0 Å². The molecule has 102 valence electrons. The summed E-state index contributed by atoms with van der Waals surface area (Å²) in [4.78, 5) is 0. The van der Waals surface area contributed by atoms with Gasteiger partial charge in [-0.15, -0.1) is 0 Å². The van der Waals surface area contributed by atoms with Crippen molar-refractivity contribution in [3.05, 3.63) is 35.4 Å². The highest BCUT2D eigenvalue weighted by atomic mass is 16.5. The third-order valence-corrected chi connectivity index (χ3v) is 3.31. The molecule has 0 heterocycles. The van der Waals surface area contributed by atoms with Crippen LogP contribution in [-0.4, -0.2) is 19.3 Å². The Hall–Kier alpha value is -0.860. The van der Waals surface area contributed by atoms with Crippen LogP contribution in [0.1, 0.15) is 45.2 Å².